The Hall–Kier alpha value is -3.28. The molecule has 1 heterocycles. The van der Waals surface area contributed by atoms with Gasteiger partial charge in [0.05, 0.1) is 0 Å². The van der Waals surface area contributed by atoms with E-state index in [-0.39, 0.29) is 13.2 Å². The van der Waals surface area contributed by atoms with Crippen LogP contribution in [0.2, 0.25) is 0 Å². The quantitative estimate of drug-likeness (QED) is 0.707. The molecule has 0 saturated heterocycles. The number of H-pyrrole nitrogens is 1. The average Bonchev–Trinajstić information content (AvgIpc) is 3.02. The van der Waals surface area contributed by atoms with Crippen molar-refractivity contribution in [3.05, 3.63) is 66.4 Å². The summed E-state index contributed by atoms with van der Waals surface area (Å²) < 4.78 is 10.3. The number of para-hydroxylation sites is 1. The normalized spacial score (nSPS) is 10.3. The van der Waals surface area contributed by atoms with Crippen molar-refractivity contribution in [3.63, 3.8) is 0 Å². The van der Waals surface area contributed by atoms with Crippen LogP contribution in [0.4, 0.5) is 4.79 Å². The van der Waals surface area contributed by atoms with Crippen LogP contribution in [0.5, 0.6) is 5.75 Å². The van der Waals surface area contributed by atoms with Gasteiger partial charge in [0.2, 0.25) is 0 Å². The number of benzene rings is 2. The molecule has 24 heavy (non-hydrogen) atoms. The lowest BCUT2D eigenvalue weighted by molar-refractivity contribution is -0.133. The molecule has 0 unspecified atom stereocenters. The summed E-state index contributed by atoms with van der Waals surface area (Å²) in [5.41, 5.74) is 1.74. The van der Waals surface area contributed by atoms with Crippen LogP contribution < -0.4 is 10.1 Å². The van der Waals surface area contributed by atoms with Crippen LogP contribution in [0.1, 0.15) is 5.56 Å². The van der Waals surface area contributed by atoms with Crippen LogP contribution >= 0.6 is 0 Å². The summed E-state index contributed by atoms with van der Waals surface area (Å²) in [6.45, 7) is -0.128. The number of rotatable bonds is 5. The Labute approximate surface area is 138 Å². The fraction of sp³-hybridized carbons (Fsp3) is 0.111. The van der Waals surface area contributed by atoms with Crippen LogP contribution in [-0.2, 0) is 16.1 Å². The van der Waals surface area contributed by atoms with Gasteiger partial charge in [-0.05, 0) is 17.7 Å². The summed E-state index contributed by atoms with van der Waals surface area (Å²) in [5.74, 6) is -0.147. The number of nitrogens with one attached hydrogen (secondary N) is 2. The molecule has 0 saturated carbocycles. The van der Waals surface area contributed by atoms with E-state index >= 15 is 0 Å². The molecule has 2 aromatic carbocycles. The molecule has 0 aliphatic heterocycles. The third-order valence-corrected chi connectivity index (χ3v) is 3.36. The van der Waals surface area contributed by atoms with Crippen molar-refractivity contribution in [1.82, 2.24) is 10.3 Å². The molecule has 0 aliphatic carbocycles. The van der Waals surface area contributed by atoms with Gasteiger partial charge in [-0.2, -0.15) is 0 Å². The van der Waals surface area contributed by atoms with E-state index in [0.717, 1.165) is 16.5 Å². The molecule has 0 bridgehead atoms. The van der Waals surface area contributed by atoms with E-state index in [0.29, 0.717) is 5.75 Å². The molecule has 6 nitrogen and oxygen atoms in total. The van der Waals surface area contributed by atoms with Gasteiger partial charge in [0, 0.05) is 17.1 Å². The second-order valence-corrected chi connectivity index (χ2v) is 5.09. The van der Waals surface area contributed by atoms with E-state index < -0.39 is 12.1 Å². The van der Waals surface area contributed by atoms with Crippen molar-refractivity contribution in [2.75, 3.05) is 6.54 Å². The van der Waals surface area contributed by atoms with Gasteiger partial charge in [-0.1, -0.05) is 42.5 Å². The summed E-state index contributed by atoms with van der Waals surface area (Å²) in [6, 6.07) is 16.7. The Kier molecular flexibility index (Phi) is 4.76. The molecule has 6 heteroatoms. The van der Waals surface area contributed by atoms with Gasteiger partial charge < -0.3 is 19.8 Å². The molecular weight excluding hydrogens is 308 g/mol. The number of ether oxygens (including phenoxy) is 2. The molecule has 0 atom stereocenters. The Balaban J connectivity index is 1.46. The minimum Gasteiger partial charge on any atom is -0.445 e. The standard InChI is InChI=1S/C18H16N2O4/c21-17(24-16-10-19-15-9-5-4-8-14(15)16)11-20-18(22)23-12-13-6-2-1-3-7-13/h1-10,19H,11-12H2,(H,20,22). The summed E-state index contributed by atoms with van der Waals surface area (Å²) in [7, 11) is 0. The molecule has 3 aromatic rings. The van der Waals surface area contributed by atoms with Gasteiger partial charge in [0.25, 0.3) is 0 Å². The maximum absolute atomic E-state index is 11.8. The number of fused-ring (bicyclic) bond motifs is 1. The molecule has 3 rings (SSSR count). The van der Waals surface area contributed by atoms with Gasteiger partial charge >= 0.3 is 12.1 Å². The lowest BCUT2D eigenvalue weighted by Crippen LogP contribution is -2.32. The third kappa shape index (κ3) is 3.92. The van der Waals surface area contributed by atoms with Crippen molar-refractivity contribution in [3.8, 4) is 5.75 Å². The molecule has 0 radical (unpaired) electrons. The number of hydrogen-bond donors (Lipinski definition) is 2. The highest BCUT2D eigenvalue weighted by molar-refractivity contribution is 5.89. The second kappa shape index (κ2) is 7.32. The largest absolute Gasteiger partial charge is 0.445 e. The zero-order chi connectivity index (χ0) is 16.8. The first-order chi connectivity index (χ1) is 11.7. The van der Waals surface area contributed by atoms with Gasteiger partial charge in [0.1, 0.15) is 13.2 Å². The van der Waals surface area contributed by atoms with Crippen LogP contribution in [0, 0.1) is 0 Å². The number of aromatic nitrogens is 1. The Morgan fingerprint density at radius 2 is 1.75 bits per heavy atom. The molecule has 0 aliphatic rings. The fourth-order valence-corrected chi connectivity index (χ4v) is 2.21. The van der Waals surface area contributed by atoms with Crippen molar-refractivity contribution in [2.24, 2.45) is 0 Å². The van der Waals surface area contributed by atoms with Crippen LogP contribution in [0.15, 0.2) is 60.8 Å². The number of alkyl carbamates (subject to hydrolysis) is 1. The zero-order valence-corrected chi connectivity index (χ0v) is 12.8. The number of esters is 1. The number of carbonyl (C=O) groups is 2. The Morgan fingerprint density at radius 3 is 2.58 bits per heavy atom. The predicted octanol–water partition coefficient (Wildman–Crippen LogP) is 3.00. The summed E-state index contributed by atoms with van der Waals surface area (Å²) in [5, 5.41) is 3.17. The molecule has 1 aromatic heterocycles. The third-order valence-electron chi connectivity index (χ3n) is 3.36. The first-order valence-corrected chi connectivity index (χ1v) is 7.44. The lowest BCUT2D eigenvalue weighted by atomic mass is 10.2. The minimum absolute atomic E-state index is 0.143. The molecular formula is C18H16N2O4. The summed E-state index contributed by atoms with van der Waals surface area (Å²) in [4.78, 5) is 26.4. The molecule has 2 N–H and O–H groups in total. The van der Waals surface area contributed by atoms with Crippen molar-refractivity contribution >= 4 is 23.0 Å². The van der Waals surface area contributed by atoms with Gasteiger partial charge in [-0.3, -0.25) is 0 Å². The van der Waals surface area contributed by atoms with Crippen LogP contribution in [0.3, 0.4) is 0 Å². The highest BCUT2D eigenvalue weighted by Crippen LogP contribution is 2.24. The van der Waals surface area contributed by atoms with Crippen molar-refractivity contribution in [1.29, 1.82) is 0 Å². The first-order valence-electron chi connectivity index (χ1n) is 7.44. The van der Waals surface area contributed by atoms with Gasteiger partial charge in [-0.15, -0.1) is 0 Å². The zero-order valence-electron chi connectivity index (χ0n) is 12.8. The maximum atomic E-state index is 11.8. The highest BCUT2D eigenvalue weighted by Gasteiger charge is 2.11. The van der Waals surface area contributed by atoms with E-state index in [9.17, 15) is 9.59 Å². The van der Waals surface area contributed by atoms with Crippen molar-refractivity contribution in [2.45, 2.75) is 6.61 Å². The van der Waals surface area contributed by atoms with E-state index in [2.05, 4.69) is 10.3 Å². The Morgan fingerprint density at radius 1 is 1.00 bits per heavy atom. The second-order valence-electron chi connectivity index (χ2n) is 5.09. The number of aromatic amines is 1. The van der Waals surface area contributed by atoms with E-state index in [4.69, 9.17) is 9.47 Å². The molecule has 122 valence electrons. The number of carbonyl (C=O) groups excluding carboxylic acids is 2. The van der Waals surface area contributed by atoms with E-state index in [1.165, 1.54) is 0 Å². The molecule has 1 amide bonds. The van der Waals surface area contributed by atoms with Crippen molar-refractivity contribution < 1.29 is 19.1 Å². The SMILES string of the molecule is O=C(CNC(=O)OCc1ccccc1)Oc1c[nH]c2ccccc12. The topological polar surface area (TPSA) is 80.4 Å². The minimum atomic E-state index is -0.672. The monoisotopic (exact) mass is 324 g/mol. The molecule has 0 fully saturated rings. The van der Waals surface area contributed by atoms with Gasteiger partial charge in [0.15, 0.2) is 5.75 Å². The smallest absolute Gasteiger partial charge is 0.407 e. The van der Waals surface area contributed by atoms with Crippen LogP contribution in [-0.4, -0.2) is 23.6 Å². The first kappa shape index (κ1) is 15.6. The van der Waals surface area contributed by atoms with Crippen LogP contribution in [0.25, 0.3) is 10.9 Å². The molecule has 0 spiro atoms. The number of amides is 1. The average molecular weight is 324 g/mol. The van der Waals surface area contributed by atoms with E-state index in [1.54, 1.807) is 6.20 Å². The summed E-state index contributed by atoms with van der Waals surface area (Å²) in [6.07, 6.45) is 0.936. The van der Waals surface area contributed by atoms with Gasteiger partial charge in [-0.25, -0.2) is 9.59 Å². The Bertz CT molecular complexity index is 842. The number of hydrogen-bond acceptors (Lipinski definition) is 4. The lowest BCUT2D eigenvalue weighted by Gasteiger charge is -2.07. The van der Waals surface area contributed by atoms with E-state index in [1.807, 2.05) is 54.6 Å². The predicted molar refractivity (Wildman–Crippen MR) is 88.6 cm³/mol. The maximum Gasteiger partial charge on any atom is 0.407 e. The summed E-state index contributed by atoms with van der Waals surface area (Å²) >= 11 is 0. The fourth-order valence-electron chi connectivity index (χ4n) is 2.21. The highest BCUT2D eigenvalue weighted by atomic mass is 16.6.